The number of carbonyl (C=O) groups is 1. The van der Waals surface area contributed by atoms with Crippen molar-refractivity contribution in [2.75, 3.05) is 6.61 Å². The van der Waals surface area contributed by atoms with Crippen molar-refractivity contribution in [3.05, 3.63) is 11.5 Å². The van der Waals surface area contributed by atoms with Gasteiger partial charge >= 0.3 is 35.5 Å². The fraction of sp³-hybridized carbons (Fsp3) is 0.500. The molecule has 0 saturated carbocycles. The Hall–Kier alpha value is -0.270. The molecule has 0 bridgehead atoms. The third-order valence-electron chi connectivity index (χ3n) is 1.48. The van der Waals surface area contributed by atoms with Crippen molar-refractivity contribution < 1.29 is 30.0 Å². The van der Waals surface area contributed by atoms with Crippen molar-refractivity contribution in [3.63, 3.8) is 0 Å². The van der Waals surface area contributed by atoms with E-state index in [0.717, 1.165) is 0 Å². The molecule has 1 rings (SSSR count). The van der Waals surface area contributed by atoms with Gasteiger partial charge in [0, 0.05) is 0 Å². The zero-order valence-electron chi connectivity index (χ0n) is 5.97. The van der Waals surface area contributed by atoms with E-state index in [2.05, 4.69) is 4.74 Å². The number of aliphatic hydroxyl groups is 4. The molecular formula is C6H9NaO6. The molecule has 1 aliphatic rings. The molecule has 0 aromatic carbocycles. The summed E-state index contributed by atoms with van der Waals surface area (Å²) < 4.78 is 4.32. The SMILES string of the molecule is O=C1O[C@H]([C@H](O)CO)C(O)=C1O.[NaH]. The van der Waals surface area contributed by atoms with E-state index in [1.54, 1.807) is 0 Å². The van der Waals surface area contributed by atoms with E-state index in [0.29, 0.717) is 0 Å². The van der Waals surface area contributed by atoms with Crippen LogP contribution in [0.5, 0.6) is 0 Å². The number of ether oxygens (including phenoxy) is 1. The van der Waals surface area contributed by atoms with Crippen molar-refractivity contribution in [2.45, 2.75) is 12.2 Å². The molecule has 0 radical (unpaired) electrons. The van der Waals surface area contributed by atoms with E-state index in [9.17, 15) is 4.79 Å². The molecule has 13 heavy (non-hydrogen) atoms. The van der Waals surface area contributed by atoms with E-state index in [1.165, 1.54) is 0 Å². The number of rotatable bonds is 2. The maximum atomic E-state index is 10.5. The van der Waals surface area contributed by atoms with E-state index >= 15 is 0 Å². The van der Waals surface area contributed by atoms with Gasteiger partial charge in [-0.05, 0) is 0 Å². The first-order valence-electron chi connectivity index (χ1n) is 3.20. The molecule has 0 aromatic heterocycles. The number of hydrogen-bond acceptors (Lipinski definition) is 6. The van der Waals surface area contributed by atoms with Gasteiger partial charge in [0.25, 0.3) is 0 Å². The first-order valence-corrected chi connectivity index (χ1v) is 3.20. The van der Waals surface area contributed by atoms with Crippen LogP contribution in [-0.4, -0.2) is 74.8 Å². The van der Waals surface area contributed by atoms with Crippen molar-refractivity contribution >= 4 is 35.5 Å². The first-order chi connectivity index (χ1) is 5.57. The molecule has 0 unspecified atom stereocenters. The topological polar surface area (TPSA) is 107 Å². The van der Waals surface area contributed by atoms with Gasteiger partial charge in [-0.3, -0.25) is 0 Å². The fourth-order valence-electron chi connectivity index (χ4n) is 0.823. The Bertz CT molecular complexity index is 237. The van der Waals surface area contributed by atoms with Gasteiger partial charge in [0.05, 0.1) is 6.61 Å². The zero-order valence-corrected chi connectivity index (χ0v) is 5.97. The average Bonchev–Trinajstić information content (AvgIpc) is 2.32. The van der Waals surface area contributed by atoms with Gasteiger partial charge in [-0.1, -0.05) is 0 Å². The van der Waals surface area contributed by atoms with Crippen LogP contribution < -0.4 is 0 Å². The van der Waals surface area contributed by atoms with Gasteiger partial charge < -0.3 is 25.2 Å². The zero-order chi connectivity index (χ0) is 9.30. The Labute approximate surface area is 95.7 Å². The van der Waals surface area contributed by atoms with Crippen LogP contribution in [0.15, 0.2) is 11.5 Å². The van der Waals surface area contributed by atoms with Crippen LogP contribution in [0, 0.1) is 0 Å². The normalized spacial score (nSPS) is 23.8. The molecule has 4 N–H and O–H groups in total. The van der Waals surface area contributed by atoms with Crippen LogP contribution in [0.4, 0.5) is 0 Å². The molecule has 70 valence electrons. The quantitative estimate of drug-likeness (QED) is 0.302. The van der Waals surface area contributed by atoms with Crippen LogP contribution in [0.2, 0.25) is 0 Å². The van der Waals surface area contributed by atoms with Gasteiger partial charge in [0.1, 0.15) is 6.10 Å². The second kappa shape index (κ2) is 4.83. The molecule has 0 amide bonds. The molecule has 7 heteroatoms. The summed E-state index contributed by atoms with van der Waals surface area (Å²) in [6.07, 6.45) is -2.78. The summed E-state index contributed by atoms with van der Waals surface area (Å²) in [5.74, 6) is -2.78. The van der Waals surface area contributed by atoms with Gasteiger partial charge in [-0.15, -0.1) is 0 Å². The number of esters is 1. The summed E-state index contributed by atoms with van der Waals surface area (Å²) in [5.41, 5.74) is 0. The molecule has 0 spiro atoms. The number of hydrogen-bond donors (Lipinski definition) is 4. The molecule has 1 aliphatic heterocycles. The predicted molar refractivity (Wildman–Crippen MR) is 42.4 cm³/mol. The molecule has 6 nitrogen and oxygen atoms in total. The third-order valence-corrected chi connectivity index (χ3v) is 1.48. The van der Waals surface area contributed by atoms with Gasteiger partial charge in [-0.2, -0.15) is 0 Å². The minimum atomic E-state index is -1.42. The van der Waals surface area contributed by atoms with E-state index in [1.807, 2.05) is 0 Å². The molecule has 2 atom stereocenters. The number of carbonyl (C=O) groups excluding carboxylic acids is 1. The van der Waals surface area contributed by atoms with E-state index in [4.69, 9.17) is 20.4 Å². The Kier molecular flexibility index (Phi) is 4.72. The maximum absolute atomic E-state index is 10.5. The Morgan fingerprint density at radius 1 is 1.46 bits per heavy atom. The summed E-state index contributed by atoms with van der Waals surface area (Å²) in [6, 6.07) is 0. The molecule has 1 heterocycles. The predicted octanol–water partition coefficient (Wildman–Crippen LogP) is -2.06. The van der Waals surface area contributed by atoms with Crippen molar-refractivity contribution in [1.82, 2.24) is 0 Å². The molecular weight excluding hydrogens is 191 g/mol. The standard InChI is InChI=1S/C6H8O6.Na.H/c7-1-2(8)5-3(9)4(10)6(11)12-5;;/h2,5,7-10H,1H2;;/t2-,5-;;/m1../s1. The van der Waals surface area contributed by atoms with Crippen LogP contribution >= 0.6 is 0 Å². The first kappa shape index (κ1) is 12.7. The number of cyclic esters (lactones) is 1. The summed E-state index contributed by atoms with van der Waals surface area (Å²) in [6.45, 7) is -0.671. The van der Waals surface area contributed by atoms with Gasteiger partial charge in [0.2, 0.25) is 5.76 Å². The van der Waals surface area contributed by atoms with Crippen molar-refractivity contribution in [3.8, 4) is 0 Å². The second-order valence-electron chi connectivity index (χ2n) is 2.31. The van der Waals surface area contributed by atoms with E-state index < -0.39 is 36.3 Å². The van der Waals surface area contributed by atoms with Crippen LogP contribution in [-0.2, 0) is 9.53 Å². The summed E-state index contributed by atoms with van der Waals surface area (Å²) >= 11 is 0. The van der Waals surface area contributed by atoms with E-state index in [-0.39, 0.29) is 29.6 Å². The van der Waals surface area contributed by atoms with Gasteiger partial charge in [-0.25, -0.2) is 4.79 Å². The molecule has 0 aliphatic carbocycles. The second-order valence-corrected chi connectivity index (χ2v) is 2.31. The average molecular weight is 200 g/mol. The molecule has 0 aromatic rings. The van der Waals surface area contributed by atoms with Crippen molar-refractivity contribution in [1.29, 1.82) is 0 Å². The van der Waals surface area contributed by atoms with Crippen molar-refractivity contribution in [2.24, 2.45) is 0 Å². The van der Waals surface area contributed by atoms with Gasteiger partial charge in [0.15, 0.2) is 11.9 Å². The summed E-state index contributed by atoms with van der Waals surface area (Å²) in [5, 5.41) is 35.0. The Morgan fingerprint density at radius 3 is 2.31 bits per heavy atom. The monoisotopic (exact) mass is 200 g/mol. The van der Waals surface area contributed by atoms with Crippen LogP contribution in [0.1, 0.15) is 0 Å². The minimum absolute atomic E-state index is 0. The molecule has 0 saturated heterocycles. The summed E-state index contributed by atoms with van der Waals surface area (Å²) in [4.78, 5) is 10.5. The number of aliphatic hydroxyl groups excluding tert-OH is 4. The Balaban J connectivity index is 0.00000144. The van der Waals surface area contributed by atoms with Crippen LogP contribution in [0.25, 0.3) is 0 Å². The van der Waals surface area contributed by atoms with Crippen LogP contribution in [0.3, 0.4) is 0 Å². The Morgan fingerprint density at radius 2 is 2.00 bits per heavy atom. The molecule has 0 fully saturated rings. The fourth-order valence-corrected chi connectivity index (χ4v) is 0.823. The summed E-state index contributed by atoms with van der Waals surface area (Å²) in [7, 11) is 0. The third kappa shape index (κ3) is 2.35.